The van der Waals surface area contributed by atoms with E-state index in [1.807, 2.05) is 20.8 Å². The number of nitrogens with two attached hydrogens (primary N) is 1. The molecule has 0 fully saturated rings. The van der Waals surface area contributed by atoms with Crippen molar-refractivity contribution in [1.82, 2.24) is 9.78 Å². The first-order valence-corrected chi connectivity index (χ1v) is 6.03. The van der Waals surface area contributed by atoms with E-state index in [-0.39, 0.29) is 16.1 Å². The molecule has 1 heterocycles. The smallest absolute Gasteiger partial charge is 0.287 e. The average molecular weight is 259 g/mol. The van der Waals surface area contributed by atoms with E-state index in [1.165, 1.54) is 4.68 Å². The van der Waals surface area contributed by atoms with Crippen LogP contribution in [0, 0.1) is 0 Å². The summed E-state index contributed by atoms with van der Waals surface area (Å²) in [5, 5.41) is 7.34. The van der Waals surface area contributed by atoms with Gasteiger partial charge in [0, 0.05) is 18.6 Å². The van der Waals surface area contributed by atoms with Gasteiger partial charge in [-0.2, -0.15) is 5.10 Å². The third-order valence-corrected chi connectivity index (χ3v) is 2.77. The fraction of sp³-hybridized carbons (Fsp3) is 0.636. The molecule has 17 heavy (non-hydrogen) atoms. The van der Waals surface area contributed by atoms with Crippen LogP contribution >= 0.6 is 11.6 Å². The second-order valence-electron chi connectivity index (χ2n) is 4.61. The van der Waals surface area contributed by atoms with Crippen LogP contribution in [-0.4, -0.2) is 21.9 Å². The predicted octanol–water partition coefficient (Wildman–Crippen LogP) is 1.46. The highest BCUT2D eigenvalue weighted by Gasteiger charge is 2.18. The van der Waals surface area contributed by atoms with E-state index in [0.29, 0.717) is 18.8 Å². The molecule has 3 N–H and O–H groups in total. The third kappa shape index (κ3) is 3.44. The molecule has 0 aromatic carbocycles. The van der Waals surface area contributed by atoms with Gasteiger partial charge in [0.2, 0.25) is 0 Å². The van der Waals surface area contributed by atoms with Crippen molar-refractivity contribution >= 4 is 17.3 Å². The quantitative estimate of drug-likeness (QED) is 0.839. The van der Waals surface area contributed by atoms with Crippen molar-refractivity contribution in [2.24, 2.45) is 5.73 Å². The van der Waals surface area contributed by atoms with Crippen LogP contribution in [0.3, 0.4) is 0 Å². The molecule has 0 bridgehead atoms. The zero-order valence-corrected chi connectivity index (χ0v) is 11.2. The van der Waals surface area contributed by atoms with E-state index >= 15 is 0 Å². The molecule has 0 unspecified atom stereocenters. The lowest BCUT2D eigenvalue weighted by atomic mass is 10.1. The van der Waals surface area contributed by atoms with Gasteiger partial charge in [0.05, 0.1) is 11.9 Å². The first-order valence-electron chi connectivity index (χ1n) is 5.65. The van der Waals surface area contributed by atoms with Crippen molar-refractivity contribution in [3.8, 4) is 0 Å². The van der Waals surface area contributed by atoms with Gasteiger partial charge < -0.3 is 11.1 Å². The van der Waals surface area contributed by atoms with Crippen LogP contribution in [0.4, 0.5) is 5.69 Å². The Bertz CT molecular complexity index is 442. The van der Waals surface area contributed by atoms with Crippen LogP contribution in [0.5, 0.6) is 0 Å². The summed E-state index contributed by atoms with van der Waals surface area (Å²) in [7, 11) is 0. The number of anilines is 1. The Kier molecular flexibility index (Phi) is 4.54. The molecule has 0 saturated carbocycles. The minimum absolute atomic E-state index is 0.162. The molecule has 0 aliphatic carbocycles. The molecule has 1 aromatic heterocycles. The number of halogens is 1. The molecule has 5 nitrogen and oxygen atoms in total. The maximum atomic E-state index is 11.9. The van der Waals surface area contributed by atoms with E-state index in [9.17, 15) is 4.79 Å². The Hall–Kier alpha value is -1.07. The van der Waals surface area contributed by atoms with Crippen LogP contribution < -0.4 is 16.6 Å². The molecule has 0 spiro atoms. The van der Waals surface area contributed by atoms with Crippen molar-refractivity contribution in [2.45, 2.75) is 39.3 Å². The largest absolute Gasteiger partial charge is 0.376 e. The summed E-state index contributed by atoms with van der Waals surface area (Å²) in [4.78, 5) is 11.9. The molecule has 1 rings (SSSR count). The Balaban J connectivity index is 3.05. The van der Waals surface area contributed by atoms with E-state index in [0.717, 1.165) is 6.42 Å². The van der Waals surface area contributed by atoms with Gasteiger partial charge in [-0.3, -0.25) is 4.79 Å². The highest BCUT2D eigenvalue weighted by Crippen LogP contribution is 2.19. The number of hydrogen-bond donors (Lipinski definition) is 2. The predicted molar refractivity (Wildman–Crippen MR) is 70.6 cm³/mol. The number of aryl methyl sites for hydroxylation is 1. The summed E-state index contributed by atoms with van der Waals surface area (Å²) in [6.45, 7) is 6.84. The first kappa shape index (κ1) is 14.0. The van der Waals surface area contributed by atoms with Gasteiger partial charge in [0.25, 0.3) is 5.56 Å². The summed E-state index contributed by atoms with van der Waals surface area (Å²) < 4.78 is 1.36. The molecule has 0 radical (unpaired) electrons. The van der Waals surface area contributed by atoms with Crippen molar-refractivity contribution in [2.75, 3.05) is 11.9 Å². The fourth-order valence-electron chi connectivity index (χ4n) is 1.34. The first-order chi connectivity index (χ1) is 7.91. The lowest BCUT2D eigenvalue weighted by molar-refractivity contribution is 0.559. The van der Waals surface area contributed by atoms with Crippen LogP contribution in [-0.2, 0) is 6.54 Å². The van der Waals surface area contributed by atoms with Crippen LogP contribution in [0.15, 0.2) is 11.0 Å². The van der Waals surface area contributed by atoms with Crippen LogP contribution in [0.1, 0.15) is 27.2 Å². The van der Waals surface area contributed by atoms with Crippen LogP contribution in [0.2, 0.25) is 5.02 Å². The molecule has 1 aromatic rings. The zero-order chi connectivity index (χ0) is 13.1. The summed E-state index contributed by atoms with van der Waals surface area (Å²) in [6.07, 6.45) is 2.40. The number of rotatable bonds is 5. The monoisotopic (exact) mass is 258 g/mol. The number of nitrogens with one attached hydrogen (secondary N) is 1. The second kappa shape index (κ2) is 5.51. The lowest BCUT2D eigenvalue weighted by Crippen LogP contribution is -2.40. The summed E-state index contributed by atoms with van der Waals surface area (Å²) in [6, 6.07) is 0. The minimum atomic E-state index is -0.325. The van der Waals surface area contributed by atoms with Crippen molar-refractivity contribution in [3.63, 3.8) is 0 Å². The maximum Gasteiger partial charge on any atom is 0.287 e. The molecule has 6 heteroatoms. The molecule has 0 amide bonds. The van der Waals surface area contributed by atoms with Crippen molar-refractivity contribution < 1.29 is 0 Å². The Morgan fingerprint density at radius 2 is 2.24 bits per heavy atom. The highest BCUT2D eigenvalue weighted by atomic mass is 35.5. The zero-order valence-electron chi connectivity index (χ0n) is 10.5. The van der Waals surface area contributed by atoms with E-state index in [1.54, 1.807) is 6.20 Å². The van der Waals surface area contributed by atoms with Gasteiger partial charge in [-0.05, 0) is 20.3 Å². The van der Waals surface area contributed by atoms with Crippen LogP contribution in [0.25, 0.3) is 0 Å². The Morgan fingerprint density at radius 3 is 2.76 bits per heavy atom. The van der Waals surface area contributed by atoms with Gasteiger partial charge in [0.1, 0.15) is 5.02 Å². The lowest BCUT2D eigenvalue weighted by Gasteiger charge is -2.25. The highest BCUT2D eigenvalue weighted by molar-refractivity contribution is 6.32. The van der Waals surface area contributed by atoms with Crippen molar-refractivity contribution in [1.29, 1.82) is 0 Å². The second-order valence-corrected chi connectivity index (χ2v) is 4.99. The van der Waals surface area contributed by atoms with Gasteiger partial charge in [-0.25, -0.2) is 4.68 Å². The standard InChI is InChI=1S/C11H19ClN4O/c1-4-5-16-10(17)9(12)8(6-14-16)15-11(2,3)7-13/h6,15H,4-5,7,13H2,1-3H3. The summed E-state index contributed by atoms with van der Waals surface area (Å²) in [5.74, 6) is 0. The van der Waals surface area contributed by atoms with Gasteiger partial charge in [0.15, 0.2) is 0 Å². The molecule has 0 aliphatic rings. The molecule has 96 valence electrons. The average Bonchev–Trinajstić information content (AvgIpc) is 2.29. The summed E-state index contributed by atoms with van der Waals surface area (Å²) >= 11 is 6.02. The normalized spacial score (nSPS) is 11.6. The molecule has 0 aliphatic heterocycles. The van der Waals surface area contributed by atoms with E-state index in [2.05, 4.69) is 10.4 Å². The summed E-state index contributed by atoms with van der Waals surface area (Å²) in [5.41, 5.74) is 5.54. The molecular formula is C11H19ClN4O. The Labute approximate surface area is 106 Å². The number of hydrogen-bond acceptors (Lipinski definition) is 4. The molecule has 0 atom stereocenters. The van der Waals surface area contributed by atoms with E-state index in [4.69, 9.17) is 17.3 Å². The number of nitrogens with zero attached hydrogens (tertiary/aromatic N) is 2. The topological polar surface area (TPSA) is 72.9 Å². The maximum absolute atomic E-state index is 11.9. The number of aromatic nitrogens is 2. The molecular weight excluding hydrogens is 240 g/mol. The minimum Gasteiger partial charge on any atom is -0.376 e. The SMILES string of the molecule is CCCn1ncc(NC(C)(C)CN)c(Cl)c1=O. The van der Waals surface area contributed by atoms with Crippen molar-refractivity contribution in [3.05, 3.63) is 21.6 Å². The van der Waals surface area contributed by atoms with E-state index < -0.39 is 0 Å². The Morgan fingerprint density at radius 1 is 1.59 bits per heavy atom. The van der Waals surface area contributed by atoms with Gasteiger partial charge in [-0.1, -0.05) is 18.5 Å². The molecule has 0 saturated heterocycles. The van der Waals surface area contributed by atoms with Gasteiger partial charge >= 0.3 is 0 Å². The fourth-order valence-corrected chi connectivity index (χ4v) is 1.53. The third-order valence-electron chi connectivity index (χ3n) is 2.40. The van der Waals surface area contributed by atoms with Gasteiger partial charge in [-0.15, -0.1) is 0 Å².